The molecule has 0 radical (unpaired) electrons. The fourth-order valence-electron chi connectivity index (χ4n) is 0.852. The molecule has 1 aromatic carbocycles. The van der Waals surface area contributed by atoms with E-state index in [-0.39, 0.29) is 0 Å². The first-order valence-corrected chi connectivity index (χ1v) is 3.87. The van der Waals surface area contributed by atoms with Crippen LogP contribution in [-0.4, -0.2) is 22.1 Å². The highest BCUT2D eigenvalue weighted by Crippen LogP contribution is 2.25. The van der Waals surface area contributed by atoms with Gasteiger partial charge in [-0.15, -0.1) is 0 Å². The minimum absolute atomic E-state index is 0.473. The maximum atomic E-state index is 12.6. The van der Waals surface area contributed by atoms with E-state index in [1.165, 1.54) is 0 Å². The molecule has 1 aromatic rings. The van der Waals surface area contributed by atoms with Gasteiger partial charge in [0.2, 0.25) is 0 Å². The second kappa shape index (κ2) is 4.09. The molecule has 0 unspecified atom stereocenters. The van der Waals surface area contributed by atoms with E-state index >= 15 is 0 Å². The monoisotopic (exact) mass is 233 g/mol. The number of carboxylic acids is 1. The highest BCUT2D eigenvalue weighted by atomic mass is 19.3. The number of carbonyl (C=O) groups is 1. The number of alkyl halides is 2. The number of nitro groups is 1. The Labute approximate surface area is 87.2 Å². The molecule has 0 bridgehead atoms. The summed E-state index contributed by atoms with van der Waals surface area (Å²) in [7, 11) is 0. The third-order valence-electron chi connectivity index (χ3n) is 1.52. The average Bonchev–Trinajstić information content (AvgIpc) is 2.17. The van der Waals surface area contributed by atoms with Crippen molar-refractivity contribution in [2.75, 3.05) is 0 Å². The Hall–Kier alpha value is -2.25. The molecular formula is C8H5F2NO5. The number of benzene rings is 1. The van der Waals surface area contributed by atoms with Gasteiger partial charge in [0.15, 0.2) is 0 Å². The van der Waals surface area contributed by atoms with E-state index in [1.54, 1.807) is 0 Å². The summed E-state index contributed by atoms with van der Waals surface area (Å²) >= 11 is 0. The van der Waals surface area contributed by atoms with Crippen molar-refractivity contribution in [3.63, 3.8) is 0 Å². The van der Waals surface area contributed by atoms with E-state index in [0.29, 0.717) is 6.07 Å². The third kappa shape index (κ3) is 2.62. The largest absolute Gasteiger partial charge is 0.501 e. The maximum Gasteiger partial charge on any atom is 0.501 e. The van der Waals surface area contributed by atoms with E-state index in [1.807, 2.05) is 0 Å². The molecule has 0 fully saturated rings. The Balaban J connectivity index is 2.94. The van der Waals surface area contributed by atoms with Gasteiger partial charge in [-0.2, -0.15) is 8.78 Å². The van der Waals surface area contributed by atoms with Gasteiger partial charge in [-0.1, -0.05) is 6.07 Å². The Kier molecular flexibility index (Phi) is 3.02. The van der Waals surface area contributed by atoms with Crippen LogP contribution in [0, 0.1) is 10.1 Å². The Morgan fingerprint density at radius 1 is 1.50 bits per heavy atom. The summed E-state index contributed by atoms with van der Waals surface area (Å²) in [6.07, 6.45) is -4.42. The van der Waals surface area contributed by atoms with Crippen LogP contribution < -0.4 is 4.74 Å². The molecule has 0 saturated heterocycles. The van der Waals surface area contributed by atoms with Crippen LogP contribution in [0.5, 0.6) is 5.75 Å². The molecule has 8 heteroatoms. The number of hydrogen-bond donors (Lipinski definition) is 1. The van der Waals surface area contributed by atoms with Crippen LogP contribution in [0.1, 0.15) is 0 Å². The lowest BCUT2D eigenvalue weighted by atomic mass is 10.3. The normalized spacial score (nSPS) is 10.9. The summed E-state index contributed by atoms with van der Waals surface area (Å²) in [5.74, 6) is -3.07. The minimum Gasteiger partial charge on any atom is -0.474 e. The SMILES string of the molecule is O=C(O)C(F)(F)Oc1cccc([N+](=O)[O-])c1. The second-order valence-electron chi connectivity index (χ2n) is 2.68. The fourth-order valence-corrected chi connectivity index (χ4v) is 0.852. The molecule has 16 heavy (non-hydrogen) atoms. The summed E-state index contributed by atoms with van der Waals surface area (Å²) in [4.78, 5) is 19.5. The number of halogens is 2. The first-order valence-electron chi connectivity index (χ1n) is 3.87. The number of ether oxygens (including phenoxy) is 1. The van der Waals surface area contributed by atoms with Crippen LogP contribution in [0.4, 0.5) is 14.5 Å². The highest BCUT2D eigenvalue weighted by molar-refractivity contribution is 5.73. The molecule has 6 nitrogen and oxygen atoms in total. The number of aliphatic carboxylic acids is 1. The second-order valence-corrected chi connectivity index (χ2v) is 2.68. The summed E-state index contributed by atoms with van der Waals surface area (Å²) in [6.45, 7) is 0. The number of carboxylic acid groups (broad SMARTS) is 1. The summed E-state index contributed by atoms with van der Waals surface area (Å²) in [5.41, 5.74) is -0.473. The maximum absolute atomic E-state index is 12.6. The molecule has 0 aromatic heterocycles. The van der Waals surface area contributed by atoms with Crippen molar-refractivity contribution in [2.24, 2.45) is 0 Å². The molecule has 0 aliphatic rings. The van der Waals surface area contributed by atoms with Gasteiger partial charge >= 0.3 is 12.1 Å². The smallest absolute Gasteiger partial charge is 0.474 e. The lowest BCUT2D eigenvalue weighted by molar-refractivity contribution is -0.385. The van der Waals surface area contributed by atoms with Crippen LogP contribution in [0.15, 0.2) is 24.3 Å². The Morgan fingerprint density at radius 3 is 2.62 bits per heavy atom. The van der Waals surface area contributed by atoms with Crippen molar-refractivity contribution in [3.8, 4) is 5.75 Å². The van der Waals surface area contributed by atoms with Crippen molar-refractivity contribution < 1.29 is 28.3 Å². The number of nitro benzene ring substituents is 1. The van der Waals surface area contributed by atoms with Crippen LogP contribution in [0.2, 0.25) is 0 Å². The molecule has 0 spiro atoms. The van der Waals surface area contributed by atoms with Crippen LogP contribution in [-0.2, 0) is 4.79 Å². The van der Waals surface area contributed by atoms with Gasteiger partial charge in [-0.05, 0) is 6.07 Å². The zero-order chi connectivity index (χ0) is 12.3. The van der Waals surface area contributed by atoms with Crippen molar-refractivity contribution in [1.82, 2.24) is 0 Å². The molecule has 0 heterocycles. The first kappa shape index (κ1) is 11.8. The van der Waals surface area contributed by atoms with Crippen molar-refractivity contribution in [2.45, 2.75) is 6.11 Å². The van der Waals surface area contributed by atoms with E-state index < -0.39 is 28.4 Å². The Bertz CT molecular complexity index is 434. The minimum atomic E-state index is -4.42. The van der Waals surface area contributed by atoms with Gasteiger partial charge in [0.05, 0.1) is 11.0 Å². The van der Waals surface area contributed by atoms with Gasteiger partial charge in [0.1, 0.15) is 5.75 Å². The third-order valence-corrected chi connectivity index (χ3v) is 1.52. The lowest BCUT2D eigenvalue weighted by Gasteiger charge is -2.12. The molecule has 1 N–H and O–H groups in total. The van der Waals surface area contributed by atoms with Gasteiger partial charge in [-0.25, -0.2) is 4.79 Å². The molecule has 0 aliphatic carbocycles. The summed E-state index contributed by atoms with van der Waals surface area (Å²) in [5, 5.41) is 18.4. The number of hydrogen-bond acceptors (Lipinski definition) is 4. The summed E-state index contributed by atoms with van der Waals surface area (Å²) in [6, 6.07) is 3.86. The zero-order valence-corrected chi connectivity index (χ0v) is 7.59. The quantitative estimate of drug-likeness (QED) is 0.630. The highest BCUT2D eigenvalue weighted by Gasteiger charge is 2.42. The average molecular weight is 233 g/mol. The van der Waals surface area contributed by atoms with Crippen molar-refractivity contribution >= 4 is 11.7 Å². The topological polar surface area (TPSA) is 89.7 Å². The molecule has 86 valence electrons. The number of nitrogens with zero attached hydrogens (tertiary/aromatic N) is 1. The number of non-ortho nitro benzene ring substituents is 1. The van der Waals surface area contributed by atoms with E-state index in [0.717, 1.165) is 18.2 Å². The lowest BCUT2D eigenvalue weighted by Crippen LogP contribution is -2.34. The van der Waals surface area contributed by atoms with E-state index in [9.17, 15) is 23.7 Å². The molecule has 0 atom stereocenters. The first-order chi connectivity index (χ1) is 7.33. The number of rotatable bonds is 4. The van der Waals surface area contributed by atoms with Crippen molar-refractivity contribution in [3.05, 3.63) is 34.4 Å². The van der Waals surface area contributed by atoms with Crippen LogP contribution >= 0.6 is 0 Å². The molecule has 0 saturated carbocycles. The fraction of sp³-hybridized carbons (Fsp3) is 0.125. The molecule has 0 aliphatic heterocycles. The predicted octanol–water partition coefficient (Wildman–Crippen LogP) is 1.65. The standard InChI is InChI=1S/C8H5F2NO5/c9-8(10,7(12)13)16-6-3-1-2-5(4-6)11(14)15/h1-4H,(H,12,13). The van der Waals surface area contributed by atoms with Gasteiger partial charge < -0.3 is 9.84 Å². The van der Waals surface area contributed by atoms with Gasteiger partial charge in [-0.3, -0.25) is 10.1 Å². The van der Waals surface area contributed by atoms with Gasteiger partial charge in [0, 0.05) is 6.07 Å². The van der Waals surface area contributed by atoms with Crippen molar-refractivity contribution in [1.29, 1.82) is 0 Å². The summed E-state index contributed by atoms with van der Waals surface area (Å²) < 4.78 is 29.0. The van der Waals surface area contributed by atoms with Crippen LogP contribution in [0.25, 0.3) is 0 Å². The van der Waals surface area contributed by atoms with E-state index in [4.69, 9.17) is 5.11 Å². The Morgan fingerprint density at radius 2 is 2.12 bits per heavy atom. The van der Waals surface area contributed by atoms with Gasteiger partial charge in [0.25, 0.3) is 5.69 Å². The molecule has 0 amide bonds. The van der Waals surface area contributed by atoms with E-state index in [2.05, 4.69) is 4.74 Å². The van der Waals surface area contributed by atoms with Crippen LogP contribution in [0.3, 0.4) is 0 Å². The predicted molar refractivity (Wildman–Crippen MR) is 46.3 cm³/mol. The zero-order valence-electron chi connectivity index (χ0n) is 7.59. The molecular weight excluding hydrogens is 228 g/mol. The molecule has 1 rings (SSSR count).